The van der Waals surface area contributed by atoms with Crippen LogP contribution in [0.25, 0.3) is 0 Å². The largest absolute Gasteiger partial charge is 0.467 e. The van der Waals surface area contributed by atoms with Crippen molar-refractivity contribution >= 4 is 17.8 Å². The molecule has 0 aliphatic rings. The molecule has 6 nitrogen and oxygen atoms in total. The van der Waals surface area contributed by atoms with E-state index in [1.54, 1.807) is 0 Å². The molecule has 2 amide bonds. The van der Waals surface area contributed by atoms with Crippen LogP contribution in [0.1, 0.15) is 51.2 Å². The minimum Gasteiger partial charge on any atom is -0.467 e. The molecule has 0 unspecified atom stereocenters. The van der Waals surface area contributed by atoms with Gasteiger partial charge in [-0.1, -0.05) is 88.4 Å². The maximum Gasteiger partial charge on any atom is 0.328 e. The molecule has 0 aliphatic heterocycles. The molecule has 178 valence electrons. The summed E-state index contributed by atoms with van der Waals surface area (Å²) < 4.78 is 4.87. The van der Waals surface area contributed by atoms with Gasteiger partial charge in [0.25, 0.3) is 0 Å². The summed E-state index contributed by atoms with van der Waals surface area (Å²) in [6.07, 6.45) is 0.770. The molecule has 2 aromatic rings. The maximum atomic E-state index is 13.2. The zero-order chi connectivity index (χ0) is 24.4. The number of benzene rings is 2. The van der Waals surface area contributed by atoms with Crippen molar-refractivity contribution in [2.75, 3.05) is 7.11 Å². The fourth-order valence-corrected chi connectivity index (χ4v) is 3.73. The Balaban J connectivity index is 2.19. The standard InChI is InChI=1S/C27H36N2O4/c1-18(2)16-24(27(32)33-5)29-26(31)23(17-21-12-8-6-9-13-21)28-25(30)20(4)19(3)22-14-10-7-11-15-22/h6-15,18-20,23-24H,16-17H2,1-5H3,(H,28,30)(H,29,31)/t19-,20+,23+,24+/m0/s1. The molecule has 33 heavy (non-hydrogen) atoms. The Labute approximate surface area is 197 Å². The van der Waals surface area contributed by atoms with Crippen molar-refractivity contribution < 1.29 is 19.1 Å². The van der Waals surface area contributed by atoms with Crippen molar-refractivity contribution in [3.63, 3.8) is 0 Å². The lowest BCUT2D eigenvalue weighted by molar-refractivity contribution is -0.145. The molecule has 0 bridgehead atoms. The molecule has 0 fully saturated rings. The Kier molecular flexibility index (Phi) is 10.1. The Bertz CT molecular complexity index is 899. The van der Waals surface area contributed by atoms with Gasteiger partial charge in [0.05, 0.1) is 7.11 Å². The summed E-state index contributed by atoms with van der Waals surface area (Å²) in [6, 6.07) is 17.8. The minimum atomic E-state index is -0.815. The van der Waals surface area contributed by atoms with E-state index >= 15 is 0 Å². The van der Waals surface area contributed by atoms with Crippen LogP contribution < -0.4 is 10.6 Å². The first kappa shape index (κ1) is 26.1. The van der Waals surface area contributed by atoms with Gasteiger partial charge >= 0.3 is 5.97 Å². The summed E-state index contributed by atoms with van der Waals surface area (Å²) in [5, 5.41) is 5.72. The lowest BCUT2D eigenvalue weighted by Crippen LogP contribution is -2.54. The smallest absolute Gasteiger partial charge is 0.328 e. The second-order valence-corrected chi connectivity index (χ2v) is 8.95. The van der Waals surface area contributed by atoms with Crippen LogP contribution in [-0.2, 0) is 25.5 Å². The summed E-state index contributed by atoms with van der Waals surface area (Å²) in [5.41, 5.74) is 1.98. The maximum absolute atomic E-state index is 13.2. The quantitative estimate of drug-likeness (QED) is 0.507. The predicted octanol–water partition coefficient (Wildman–Crippen LogP) is 3.86. The molecule has 0 saturated heterocycles. The highest BCUT2D eigenvalue weighted by Crippen LogP contribution is 2.24. The van der Waals surface area contributed by atoms with Crippen LogP contribution in [0.5, 0.6) is 0 Å². The van der Waals surface area contributed by atoms with E-state index in [0.717, 1.165) is 11.1 Å². The number of carbonyl (C=O) groups is 3. The second kappa shape index (κ2) is 12.8. The molecular formula is C27H36N2O4. The fourth-order valence-electron chi connectivity index (χ4n) is 3.73. The number of ether oxygens (including phenoxy) is 1. The van der Waals surface area contributed by atoms with Gasteiger partial charge in [0.1, 0.15) is 12.1 Å². The van der Waals surface area contributed by atoms with Crippen LogP contribution in [0.15, 0.2) is 60.7 Å². The van der Waals surface area contributed by atoms with Gasteiger partial charge in [-0.05, 0) is 29.4 Å². The van der Waals surface area contributed by atoms with Crippen LogP contribution in [0.2, 0.25) is 0 Å². The number of carbonyl (C=O) groups excluding carboxylic acids is 3. The lowest BCUT2D eigenvalue weighted by Gasteiger charge is -2.26. The third-order valence-electron chi connectivity index (χ3n) is 5.91. The number of rotatable bonds is 11. The molecule has 4 atom stereocenters. The van der Waals surface area contributed by atoms with E-state index in [9.17, 15) is 14.4 Å². The predicted molar refractivity (Wildman–Crippen MR) is 129 cm³/mol. The summed E-state index contributed by atoms with van der Waals surface area (Å²) in [6.45, 7) is 7.80. The number of hydrogen-bond donors (Lipinski definition) is 2. The molecule has 2 rings (SSSR count). The highest BCUT2D eigenvalue weighted by atomic mass is 16.5. The number of esters is 1. The molecule has 0 heterocycles. The monoisotopic (exact) mass is 452 g/mol. The molecule has 0 aliphatic carbocycles. The Hall–Kier alpha value is -3.15. The van der Waals surface area contributed by atoms with Crippen LogP contribution >= 0.6 is 0 Å². The lowest BCUT2D eigenvalue weighted by atomic mass is 9.88. The van der Waals surface area contributed by atoms with Crippen molar-refractivity contribution in [3.05, 3.63) is 71.8 Å². The van der Waals surface area contributed by atoms with E-state index in [4.69, 9.17) is 4.74 Å². The molecule has 0 aromatic heterocycles. The molecule has 0 saturated carbocycles. The summed E-state index contributed by atoms with van der Waals surface area (Å²) in [4.78, 5) is 38.6. The third kappa shape index (κ3) is 8.04. The second-order valence-electron chi connectivity index (χ2n) is 8.95. The van der Waals surface area contributed by atoms with E-state index in [1.807, 2.05) is 88.4 Å². The third-order valence-corrected chi connectivity index (χ3v) is 5.91. The summed E-state index contributed by atoms with van der Waals surface area (Å²) in [7, 11) is 1.30. The Morgan fingerprint density at radius 3 is 1.88 bits per heavy atom. The van der Waals surface area contributed by atoms with Crippen molar-refractivity contribution in [2.24, 2.45) is 11.8 Å². The summed E-state index contributed by atoms with van der Waals surface area (Å²) >= 11 is 0. The first-order valence-electron chi connectivity index (χ1n) is 11.5. The molecule has 2 aromatic carbocycles. The van der Waals surface area contributed by atoms with Crippen molar-refractivity contribution in [1.82, 2.24) is 10.6 Å². The SMILES string of the molecule is COC(=O)[C@@H](CC(C)C)NC(=O)[C@@H](Cc1ccccc1)NC(=O)[C@H](C)[C@H](C)c1ccccc1. The van der Waals surface area contributed by atoms with Crippen LogP contribution in [-0.4, -0.2) is 37.0 Å². The Morgan fingerprint density at radius 2 is 1.33 bits per heavy atom. The van der Waals surface area contributed by atoms with Gasteiger partial charge in [0.2, 0.25) is 11.8 Å². The summed E-state index contributed by atoms with van der Waals surface area (Å²) in [5.74, 6) is -1.28. The highest BCUT2D eigenvalue weighted by Gasteiger charge is 2.30. The molecule has 2 N–H and O–H groups in total. The van der Waals surface area contributed by atoms with Gasteiger partial charge < -0.3 is 15.4 Å². The minimum absolute atomic E-state index is 0.0182. The zero-order valence-electron chi connectivity index (χ0n) is 20.2. The normalized spacial score (nSPS) is 14.6. The van der Waals surface area contributed by atoms with Crippen molar-refractivity contribution in [3.8, 4) is 0 Å². The van der Waals surface area contributed by atoms with Crippen molar-refractivity contribution in [1.29, 1.82) is 0 Å². The highest BCUT2D eigenvalue weighted by molar-refractivity contribution is 5.91. The molecule has 6 heteroatoms. The molecular weight excluding hydrogens is 416 g/mol. The number of amides is 2. The van der Waals surface area contributed by atoms with Crippen LogP contribution in [0, 0.1) is 11.8 Å². The van der Waals surface area contributed by atoms with Crippen LogP contribution in [0.4, 0.5) is 0 Å². The molecule has 0 spiro atoms. The zero-order valence-corrected chi connectivity index (χ0v) is 20.2. The first-order valence-corrected chi connectivity index (χ1v) is 11.5. The van der Waals surface area contributed by atoms with E-state index in [2.05, 4.69) is 10.6 Å². The van der Waals surface area contributed by atoms with Gasteiger partial charge in [0, 0.05) is 12.3 Å². The van der Waals surface area contributed by atoms with Gasteiger partial charge in [-0.3, -0.25) is 9.59 Å². The average molecular weight is 453 g/mol. The van der Waals surface area contributed by atoms with Crippen LogP contribution in [0.3, 0.4) is 0 Å². The Morgan fingerprint density at radius 1 is 0.788 bits per heavy atom. The molecule has 0 radical (unpaired) electrons. The fraction of sp³-hybridized carbons (Fsp3) is 0.444. The van der Waals surface area contributed by atoms with Gasteiger partial charge in [0.15, 0.2) is 0 Å². The topological polar surface area (TPSA) is 84.5 Å². The van der Waals surface area contributed by atoms with E-state index in [1.165, 1.54) is 7.11 Å². The number of nitrogens with one attached hydrogen (secondary N) is 2. The van der Waals surface area contributed by atoms with Gasteiger partial charge in [-0.2, -0.15) is 0 Å². The number of hydrogen-bond acceptors (Lipinski definition) is 4. The van der Waals surface area contributed by atoms with Gasteiger partial charge in [-0.25, -0.2) is 4.79 Å². The van der Waals surface area contributed by atoms with E-state index in [0.29, 0.717) is 12.8 Å². The van der Waals surface area contributed by atoms with Gasteiger partial charge in [-0.15, -0.1) is 0 Å². The number of methoxy groups -OCH3 is 1. The van der Waals surface area contributed by atoms with Crippen molar-refractivity contribution in [2.45, 2.75) is 58.5 Å². The van der Waals surface area contributed by atoms with E-state index < -0.39 is 24.0 Å². The first-order chi connectivity index (χ1) is 15.7. The average Bonchev–Trinajstić information content (AvgIpc) is 2.82. The van der Waals surface area contributed by atoms with E-state index in [-0.39, 0.29) is 23.7 Å².